The van der Waals surface area contributed by atoms with Crippen molar-refractivity contribution in [1.82, 2.24) is 5.32 Å². The minimum atomic E-state index is -0.323. The number of amides is 2. The van der Waals surface area contributed by atoms with Crippen LogP contribution in [0.4, 0.5) is 5.69 Å². The minimum Gasteiger partial charge on any atom is -0.362 e. The molecule has 0 aliphatic heterocycles. The first kappa shape index (κ1) is 17.5. The van der Waals surface area contributed by atoms with Gasteiger partial charge in [0.2, 0.25) is 11.8 Å². The summed E-state index contributed by atoms with van der Waals surface area (Å²) in [6.07, 6.45) is 1.95. The van der Waals surface area contributed by atoms with Crippen molar-refractivity contribution in [3.8, 4) is 0 Å². The first-order valence-electron chi connectivity index (χ1n) is 6.93. The molecule has 0 aliphatic carbocycles. The lowest BCUT2D eigenvalue weighted by atomic mass is 10.2. The van der Waals surface area contributed by atoms with Crippen molar-refractivity contribution in [2.45, 2.75) is 26.7 Å². The summed E-state index contributed by atoms with van der Waals surface area (Å²) in [6, 6.07) is 5.25. The monoisotopic (exact) mass is 312 g/mol. The number of aryl methyl sites for hydroxylation is 1. The Morgan fingerprint density at radius 3 is 2.62 bits per heavy atom. The fourth-order valence-corrected chi connectivity index (χ4v) is 1.74. The number of hydrogen-bond donors (Lipinski definition) is 2. The SMILES string of the molecule is CCCCNC(=O)COCC(=O)Nc1ccc(C)c(Cl)c1. The van der Waals surface area contributed by atoms with Crippen LogP contribution in [-0.4, -0.2) is 31.6 Å². The Labute approximate surface area is 130 Å². The van der Waals surface area contributed by atoms with E-state index in [-0.39, 0.29) is 25.0 Å². The van der Waals surface area contributed by atoms with Gasteiger partial charge in [-0.15, -0.1) is 0 Å². The summed E-state index contributed by atoms with van der Waals surface area (Å²) in [6.45, 7) is 4.27. The van der Waals surface area contributed by atoms with E-state index < -0.39 is 0 Å². The molecule has 0 spiro atoms. The molecule has 0 fully saturated rings. The maximum Gasteiger partial charge on any atom is 0.250 e. The van der Waals surface area contributed by atoms with Crippen LogP contribution in [0, 0.1) is 6.92 Å². The number of anilines is 1. The van der Waals surface area contributed by atoms with Crippen LogP contribution in [-0.2, 0) is 14.3 Å². The number of carbonyl (C=O) groups excluding carboxylic acids is 2. The van der Waals surface area contributed by atoms with E-state index >= 15 is 0 Å². The Balaban J connectivity index is 2.24. The van der Waals surface area contributed by atoms with Gasteiger partial charge in [0, 0.05) is 17.3 Å². The number of rotatable bonds is 8. The van der Waals surface area contributed by atoms with E-state index in [9.17, 15) is 9.59 Å². The van der Waals surface area contributed by atoms with Crippen LogP contribution >= 0.6 is 11.6 Å². The topological polar surface area (TPSA) is 67.4 Å². The van der Waals surface area contributed by atoms with Gasteiger partial charge in [-0.05, 0) is 31.0 Å². The zero-order valence-corrected chi connectivity index (χ0v) is 13.1. The molecule has 5 nitrogen and oxygen atoms in total. The molecule has 6 heteroatoms. The lowest BCUT2D eigenvalue weighted by Crippen LogP contribution is -2.30. The highest BCUT2D eigenvalue weighted by Crippen LogP contribution is 2.19. The van der Waals surface area contributed by atoms with Crippen molar-refractivity contribution in [2.24, 2.45) is 0 Å². The summed E-state index contributed by atoms with van der Waals surface area (Å²) < 4.78 is 5.06. The average Bonchev–Trinajstić information content (AvgIpc) is 2.43. The second kappa shape index (κ2) is 9.37. The molecule has 0 saturated heterocycles. The van der Waals surface area contributed by atoms with E-state index in [2.05, 4.69) is 10.6 Å². The third-order valence-corrected chi connectivity index (χ3v) is 3.18. The van der Waals surface area contributed by atoms with Crippen LogP contribution in [0.3, 0.4) is 0 Å². The molecule has 1 aromatic carbocycles. The molecule has 0 unspecified atom stereocenters. The van der Waals surface area contributed by atoms with Crippen LogP contribution in [0.1, 0.15) is 25.3 Å². The van der Waals surface area contributed by atoms with Crippen LogP contribution in [0.25, 0.3) is 0 Å². The van der Waals surface area contributed by atoms with E-state index in [4.69, 9.17) is 16.3 Å². The Hall–Kier alpha value is -1.59. The quantitative estimate of drug-likeness (QED) is 0.725. The number of unbranched alkanes of at least 4 members (excludes halogenated alkanes) is 1. The van der Waals surface area contributed by atoms with Gasteiger partial charge in [-0.1, -0.05) is 31.0 Å². The number of nitrogens with one attached hydrogen (secondary N) is 2. The highest BCUT2D eigenvalue weighted by atomic mass is 35.5. The normalized spacial score (nSPS) is 10.2. The van der Waals surface area contributed by atoms with Crippen molar-refractivity contribution >= 4 is 29.1 Å². The van der Waals surface area contributed by atoms with Gasteiger partial charge in [0.15, 0.2) is 0 Å². The van der Waals surface area contributed by atoms with E-state index in [1.54, 1.807) is 12.1 Å². The Morgan fingerprint density at radius 1 is 1.24 bits per heavy atom. The van der Waals surface area contributed by atoms with Crippen molar-refractivity contribution in [3.63, 3.8) is 0 Å². The number of hydrogen-bond acceptors (Lipinski definition) is 3. The molecule has 1 rings (SSSR count). The van der Waals surface area contributed by atoms with Gasteiger partial charge >= 0.3 is 0 Å². The number of benzene rings is 1. The van der Waals surface area contributed by atoms with Crippen LogP contribution in [0.5, 0.6) is 0 Å². The second-order valence-corrected chi connectivity index (χ2v) is 5.12. The summed E-state index contributed by atoms with van der Waals surface area (Å²) in [7, 11) is 0. The van der Waals surface area contributed by atoms with Gasteiger partial charge in [0.25, 0.3) is 0 Å². The van der Waals surface area contributed by atoms with Crippen molar-refractivity contribution in [2.75, 3.05) is 25.1 Å². The molecule has 0 saturated carbocycles. The molecule has 0 heterocycles. The maximum absolute atomic E-state index is 11.6. The molecule has 2 N–H and O–H groups in total. The van der Waals surface area contributed by atoms with Crippen molar-refractivity contribution in [3.05, 3.63) is 28.8 Å². The fraction of sp³-hybridized carbons (Fsp3) is 0.467. The van der Waals surface area contributed by atoms with Gasteiger partial charge < -0.3 is 15.4 Å². The van der Waals surface area contributed by atoms with Gasteiger partial charge in [-0.25, -0.2) is 0 Å². The Kier molecular flexibility index (Phi) is 7.79. The molecular formula is C15H21ClN2O3. The summed E-state index contributed by atoms with van der Waals surface area (Å²) >= 11 is 5.97. The highest BCUT2D eigenvalue weighted by Gasteiger charge is 2.06. The third-order valence-electron chi connectivity index (χ3n) is 2.77. The molecule has 0 bridgehead atoms. The molecule has 0 aromatic heterocycles. The summed E-state index contributed by atoms with van der Waals surface area (Å²) in [5.74, 6) is -0.536. The Bertz CT molecular complexity index is 492. The zero-order valence-electron chi connectivity index (χ0n) is 12.4. The van der Waals surface area contributed by atoms with Gasteiger partial charge in [0.1, 0.15) is 13.2 Å². The maximum atomic E-state index is 11.6. The summed E-state index contributed by atoms with van der Waals surface area (Å²) in [4.78, 5) is 23.0. The predicted octanol–water partition coefficient (Wildman–Crippen LogP) is 2.52. The van der Waals surface area contributed by atoms with Gasteiger partial charge in [-0.2, -0.15) is 0 Å². The zero-order chi connectivity index (χ0) is 15.7. The molecule has 2 amide bonds. The van der Waals surface area contributed by atoms with Crippen molar-refractivity contribution < 1.29 is 14.3 Å². The molecule has 0 aliphatic rings. The summed E-state index contributed by atoms with van der Waals surface area (Å²) in [5.41, 5.74) is 1.54. The molecule has 116 valence electrons. The molecule has 1 aromatic rings. The number of halogens is 1. The molecule has 0 atom stereocenters. The highest BCUT2D eigenvalue weighted by molar-refractivity contribution is 6.31. The summed E-state index contributed by atoms with van der Waals surface area (Å²) in [5, 5.41) is 5.95. The van der Waals surface area contributed by atoms with E-state index in [1.165, 1.54) is 0 Å². The van der Waals surface area contributed by atoms with Crippen molar-refractivity contribution in [1.29, 1.82) is 0 Å². The molecule has 21 heavy (non-hydrogen) atoms. The number of ether oxygens (including phenoxy) is 1. The average molecular weight is 313 g/mol. The standard InChI is InChI=1S/C15H21ClN2O3/c1-3-4-7-17-14(19)9-21-10-15(20)18-12-6-5-11(2)13(16)8-12/h5-6,8H,3-4,7,9-10H2,1-2H3,(H,17,19)(H,18,20). The third kappa shape index (κ3) is 7.11. The predicted molar refractivity (Wildman–Crippen MR) is 83.6 cm³/mol. The van der Waals surface area contributed by atoms with Crippen LogP contribution < -0.4 is 10.6 Å². The number of carbonyl (C=O) groups is 2. The van der Waals surface area contributed by atoms with Gasteiger partial charge in [-0.3, -0.25) is 9.59 Å². The van der Waals surface area contributed by atoms with Gasteiger partial charge in [0.05, 0.1) is 0 Å². The Morgan fingerprint density at radius 2 is 1.95 bits per heavy atom. The minimum absolute atomic E-state index is 0.119. The second-order valence-electron chi connectivity index (χ2n) is 4.71. The van der Waals surface area contributed by atoms with E-state index in [0.717, 1.165) is 18.4 Å². The van der Waals surface area contributed by atoms with E-state index in [0.29, 0.717) is 17.3 Å². The first-order valence-corrected chi connectivity index (χ1v) is 7.31. The smallest absolute Gasteiger partial charge is 0.250 e. The van der Waals surface area contributed by atoms with Crippen LogP contribution in [0.2, 0.25) is 5.02 Å². The fourth-order valence-electron chi connectivity index (χ4n) is 1.56. The molecular weight excluding hydrogens is 292 g/mol. The molecule has 0 radical (unpaired) electrons. The first-order chi connectivity index (χ1) is 10.0. The largest absolute Gasteiger partial charge is 0.362 e. The lowest BCUT2D eigenvalue weighted by Gasteiger charge is -2.08. The lowest BCUT2D eigenvalue weighted by molar-refractivity contribution is -0.128. The van der Waals surface area contributed by atoms with E-state index in [1.807, 2.05) is 19.9 Å². The van der Waals surface area contributed by atoms with Crippen LogP contribution in [0.15, 0.2) is 18.2 Å².